The van der Waals surface area contributed by atoms with Crippen LogP contribution < -0.4 is 0 Å². The average Bonchev–Trinajstić information content (AvgIpc) is 1.98. The summed E-state index contributed by atoms with van der Waals surface area (Å²) in [6.45, 7) is 5.87. The molecule has 0 saturated heterocycles. The Labute approximate surface area is 68.1 Å². The number of hydrogen-bond acceptors (Lipinski definition) is 1. The molecular weight excluding hydrogens is 136 g/mol. The molecule has 0 saturated carbocycles. The number of carbonyl (C=O) groups is 1. The molecule has 0 aromatic carbocycles. The van der Waals surface area contributed by atoms with Gasteiger partial charge < -0.3 is 0 Å². The lowest BCUT2D eigenvalue weighted by Gasteiger charge is -1.85. The standard InChI is InChI=1S/C10H14O/c1-4-10(8-11)7-5-6-9(2)3/h4-8H,1-3H3/b7-5+,10-4-. The molecule has 0 aliphatic carbocycles. The van der Waals surface area contributed by atoms with Crippen molar-refractivity contribution in [2.45, 2.75) is 20.8 Å². The first-order chi connectivity index (χ1) is 5.20. The normalized spacial score (nSPS) is 11.7. The molecule has 60 valence electrons. The molecule has 0 aromatic rings. The van der Waals surface area contributed by atoms with Crippen LogP contribution in [0.1, 0.15) is 20.8 Å². The van der Waals surface area contributed by atoms with Gasteiger partial charge in [-0.25, -0.2) is 0 Å². The zero-order valence-corrected chi connectivity index (χ0v) is 7.29. The highest BCUT2D eigenvalue weighted by atomic mass is 16.1. The summed E-state index contributed by atoms with van der Waals surface area (Å²) in [6, 6.07) is 0. The van der Waals surface area contributed by atoms with E-state index in [1.165, 1.54) is 5.57 Å². The molecular formula is C10H14O. The molecule has 0 rings (SSSR count). The number of aldehydes is 1. The van der Waals surface area contributed by atoms with E-state index >= 15 is 0 Å². The SMILES string of the molecule is C/C=C(C=O)/C=C/C=C(C)C. The summed E-state index contributed by atoms with van der Waals surface area (Å²) in [4.78, 5) is 10.3. The van der Waals surface area contributed by atoms with Crippen LogP contribution in [0.15, 0.2) is 35.5 Å². The highest BCUT2D eigenvalue weighted by Gasteiger charge is 1.81. The maximum atomic E-state index is 10.3. The maximum absolute atomic E-state index is 10.3. The molecule has 0 amide bonds. The van der Waals surface area contributed by atoms with E-state index < -0.39 is 0 Å². The topological polar surface area (TPSA) is 17.1 Å². The van der Waals surface area contributed by atoms with Crippen LogP contribution in [-0.2, 0) is 4.79 Å². The van der Waals surface area contributed by atoms with E-state index in [9.17, 15) is 4.79 Å². The van der Waals surface area contributed by atoms with Crippen LogP contribution in [0.2, 0.25) is 0 Å². The smallest absolute Gasteiger partial charge is 0.149 e. The van der Waals surface area contributed by atoms with E-state index in [2.05, 4.69) is 0 Å². The van der Waals surface area contributed by atoms with Crippen molar-refractivity contribution in [1.29, 1.82) is 0 Å². The van der Waals surface area contributed by atoms with Crippen molar-refractivity contribution in [3.05, 3.63) is 35.5 Å². The Hall–Kier alpha value is -1.11. The highest BCUT2D eigenvalue weighted by Crippen LogP contribution is 1.94. The fourth-order valence-corrected chi connectivity index (χ4v) is 0.555. The Morgan fingerprint density at radius 1 is 1.27 bits per heavy atom. The summed E-state index contributed by atoms with van der Waals surface area (Å²) in [5, 5.41) is 0. The Morgan fingerprint density at radius 3 is 2.27 bits per heavy atom. The molecule has 0 radical (unpaired) electrons. The first kappa shape index (κ1) is 9.89. The molecule has 0 aromatic heterocycles. The third-order valence-corrected chi connectivity index (χ3v) is 1.19. The van der Waals surface area contributed by atoms with Gasteiger partial charge in [0.25, 0.3) is 0 Å². The molecule has 0 spiro atoms. The van der Waals surface area contributed by atoms with Crippen LogP contribution in [0, 0.1) is 0 Å². The molecule has 0 heterocycles. The van der Waals surface area contributed by atoms with Gasteiger partial charge in [-0.15, -0.1) is 0 Å². The van der Waals surface area contributed by atoms with Crippen LogP contribution in [0.25, 0.3) is 0 Å². The van der Waals surface area contributed by atoms with Crippen molar-refractivity contribution in [2.75, 3.05) is 0 Å². The van der Waals surface area contributed by atoms with Gasteiger partial charge in [-0.3, -0.25) is 4.79 Å². The third kappa shape index (κ3) is 5.34. The number of hydrogen-bond donors (Lipinski definition) is 0. The highest BCUT2D eigenvalue weighted by molar-refractivity contribution is 5.77. The zero-order valence-electron chi connectivity index (χ0n) is 7.29. The monoisotopic (exact) mass is 150 g/mol. The largest absolute Gasteiger partial charge is 0.298 e. The number of carbonyl (C=O) groups excluding carboxylic acids is 1. The minimum atomic E-state index is 0.711. The van der Waals surface area contributed by atoms with E-state index in [1.54, 1.807) is 12.2 Å². The average molecular weight is 150 g/mol. The Kier molecular flexibility index (Phi) is 5.09. The summed E-state index contributed by atoms with van der Waals surface area (Å²) in [5.41, 5.74) is 1.94. The van der Waals surface area contributed by atoms with Crippen molar-refractivity contribution < 1.29 is 4.79 Å². The molecule has 0 atom stereocenters. The Balaban J connectivity index is 4.12. The molecule has 0 fully saturated rings. The molecule has 0 bridgehead atoms. The lowest BCUT2D eigenvalue weighted by Crippen LogP contribution is -1.75. The third-order valence-electron chi connectivity index (χ3n) is 1.19. The van der Waals surface area contributed by atoms with Gasteiger partial charge in [0, 0.05) is 5.57 Å². The van der Waals surface area contributed by atoms with Gasteiger partial charge in [0.05, 0.1) is 0 Å². The van der Waals surface area contributed by atoms with Gasteiger partial charge in [-0.1, -0.05) is 29.9 Å². The summed E-state index contributed by atoms with van der Waals surface area (Å²) in [5.74, 6) is 0. The van der Waals surface area contributed by atoms with Crippen molar-refractivity contribution in [3.8, 4) is 0 Å². The second kappa shape index (κ2) is 5.66. The molecule has 0 unspecified atom stereocenters. The zero-order chi connectivity index (χ0) is 8.69. The predicted octanol–water partition coefficient (Wildman–Crippen LogP) is 2.65. The summed E-state index contributed by atoms with van der Waals surface area (Å²) in [7, 11) is 0. The summed E-state index contributed by atoms with van der Waals surface area (Å²) < 4.78 is 0. The maximum Gasteiger partial charge on any atom is 0.149 e. The van der Waals surface area contributed by atoms with Crippen LogP contribution in [0.4, 0.5) is 0 Å². The van der Waals surface area contributed by atoms with Gasteiger partial charge in [0.2, 0.25) is 0 Å². The van der Waals surface area contributed by atoms with E-state index in [0.29, 0.717) is 5.57 Å². The van der Waals surface area contributed by atoms with Gasteiger partial charge >= 0.3 is 0 Å². The molecule has 1 nitrogen and oxygen atoms in total. The molecule has 11 heavy (non-hydrogen) atoms. The minimum absolute atomic E-state index is 0.711. The van der Waals surface area contributed by atoms with Crippen LogP contribution >= 0.6 is 0 Å². The van der Waals surface area contributed by atoms with Crippen molar-refractivity contribution in [3.63, 3.8) is 0 Å². The fraction of sp³-hybridized carbons (Fsp3) is 0.300. The molecule has 0 aliphatic rings. The van der Waals surface area contributed by atoms with Crippen molar-refractivity contribution >= 4 is 6.29 Å². The second-order valence-electron chi connectivity index (χ2n) is 2.51. The van der Waals surface area contributed by atoms with Gasteiger partial charge in [-0.05, 0) is 20.8 Å². The Bertz CT molecular complexity index is 203. The predicted molar refractivity (Wildman–Crippen MR) is 48.4 cm³/mol. The quantitative estimate of drug-likeness (QED) is 0.343. The van der Waals surface area contributed by atoms with Gasteiger partial charge in [0.15, 0.2) is 0 Å². The summed E-state index contributed by atoms with van der Waals surface area (Å²) in [6.07, 6.45) is 8.25. The lowest BCUT2D eigenvalue weighted by molar-refractivity contribution is -0.104. The van der Waals surface area contributed by atoms with Crippen molar-refractivity contribution in [2.24, 2.45) is 0 Å². The second-order valence-corrected chi connectivity index (χ2v) is 2.51. The fourth-order valence-electron chi connectivity index (χ4n) is 0.555. The summed E-state index contributed by atoms with van der Waals surface area (Å²) >= 11 is 0. The number of allylic oxidation sites excluding steroid dienone is 6. The van der Waals surface area contributed by atoms with Crippen LogP contribution in [0.5, 0.6) is 0 Å². The lowest BCUT2D eigenvalue weighted by atomic mass is 10.2. The van der Waals surface area contributed by atoms with Crippen molar-refractivity contribution in [1.82, 2.24) is 0 Å². The molecule has 0 N–H and O–H groups in total. The van der Waals surface area contributed by atoms with Gasteiger partial charge in [-0.2, -0.15) is 0 Å². The molecule has 1 heteroatoms. The minimum Gasteiger partial charge on any atom is -0.298 e. The number of rotatable bonds is 3. The molecule has 0 aliphatic heterocycles. The van der Waals surface area contributed by atoms with E-state index in [0.717, 1.165) is 6.29 Å². The van der Waals surface area contributed by atoms with Crippen LogP contribution in [0.3, 0.4) is 0 Å². The first-order valence-electron chi connectivity index (χ1n) is 3.63. The van der Waals surface area contributed by atoms with Crippen LogP contribution in [-0.4, -0.2) is 6.29 Å². The van der Waals surface area contributed by atoms with E-state index in [1.807, 2.05) is 32.9 Å². The Morgan fingerprint density at radius 2 is 1.91 bits per heavy atom. The first-order valence-corrected chi connectivity index (χ1v) is 3.63. The van der Waals surface area contributed by atoms with E-state index in [-0.39, 0.29) is 0 Å². The van der Waals surface area contributed by atoms with E-state index in [4.69, 9.17) is 0 Å². The van der Waals surface area contributed by atoms with Gasteiger partial charge in [0.1, 0.15) is 6.29 Å².